The number of rotatable bonds is 15. The Balaban J connectivity index is 0. The minimum atomic E-state index is -0.348. The maximum Gasteiger partial charge on any atom is 0.306 e. The first kappa shape index (κ1) is 26.4. The normalized spacial score (nSPS) is 11.5. The van der Waals surface area contributed by atoms with Gasteiger partial charge in [-0.25, -0.2) is 0 Å². The van der Waals surface area contributed by atoms with Gasteiger partial charge in [0.25, 0.3) is 0 Å². The van der Waals surface area contributed by atoms with Crippen LogP contribution in [-0.2, 0) is 9.53 Å². The molecule has 0 aliphatic carbocycles. The zero-order valence-electron chi connectivity index (χ0n) is 17.6. The van der Waals surface area contributed by atoms with E-state index in [4.69, 9.17) is 4.74 Å². The van der Waals surface area contributed by atoms with Gasteiger partial charge < -0.3 is 10.9 Å². The summed E-state index contributed by atoms with van der Waals surface area (Å²) in [6.45, 7) is 8.03. The third-order valence-electron chi connectivity index (χ3n) is 4.06. The molecule has 0 aromatic rings. The average Bonchev–Trinajstić information content (AvgIpc) is 2.49. The fourth-order valence-electron chi connectivity index (χ4n) is 2.73. The first-order valence-electron chi connectivity index (χ1n) is 10.3. The van der Waals surface area contributed by atoms with Crippen molar-refractivity contribution >= 4 is 5.97 Å². The zero-order valence-corrected chi connectivity index (χ0v) is 17.6. The van der Waals surface area contributed by atoms with E-state index in [1.165, 1.54) is 70.6 Å². The number of unbranched alkanes of at least 4 members (excludes halogenated alkanes) is 11. The van der Waals surface area contributed by atoms with Crippen molar-refractivity contribution in [1.82, 2.24) is 6.15 Å². The van der Waals surface area contributed by atoms with Crippen molar-refractivity contribution in [2.24, 2.45) is 0 Å². The first-order chi connectivity index (χ1) is 11.5. The minimum absolute atomic E-state index is 0. The second-order valence-corrected chi connectivity index (χ2v) is 7.92. The molecule has 0 radical (unpaired) electrons. The summed E-state index contributed by atoms with van der Waals surface area (Å²) in [6.07, 6.45) is 21.9. The van der Waals surface area contributed by atoms with Gasteiger partial charge in [0.2, 0.25) is 0 Å². The van der Waals surface area contributed by atoms with E-state index in [1.807, 2.05) is 20.8 Å². The van der Waals surface area contributed by atoms with E-state index in [9.17, 15) is 4.79 Å². The van der Waals surface area contributed by atoms with Crippen LogP contribution in [0.2, 0.25) is 0 Å². The van der Waals surface area contributed by atoms with Gasteiger partial charge in [-0.3, -0.25) is 4.79 Å². The van der Waals surface area contributed by atoms with Crippen molar-refractivity contribution in [2.75, 3.05) is 0 Å². The SMILES string of the molecule is CCCCCCCC/C=C\CCCCCCCC(=O)OC(C)(C)C.N. The molecule has 0 heterocycles. The Hall–Kier alpha value is -0.830. The highest BCUT2D eigenvalue weighted by molar-refractivity contribution is 5.69. The summed E-state index contributed by atoms with van der Waals surface area (Å²) in [5.41, 5.74) is -0.348. The molecule has 0 aliphatic rings. The summed E-state index contributed by atoms with van der Waals surface area (Å²) in [6, 6.07) is 0. The van der Waals surface area contributed by atoms with Gasteiger partial charge in [0.15, 0.2) is 0 Å². The van der Waals surface area contributed by atoms with Crippen LogP contribution in [0.3, 0.4) is 0 Å². The van der Waals surface area contributed by atoms with Crippen LogP contribution >= 0.6 is 0 Å². The molecule has 3 N–H and O–H groups in total. The van der Waals surface area contributed by atoms with Crippen molar-refractivity contribution in [3.05, 3.63) is 12.2 Å². The molecular weight excluding hydrogens is 310 g/mol. The van der Waals surface area contributed by atoms with Gasteiger partial charge >= 0.3 is 5.97 Å². The monoisotopic (exact) mass is 355 g/mol. The molecule has 150 valence electrons. The lowest BCUT2D eigenvalue weighted by molar-refractivity contribution is -0.154. The predicted octanol–water partition coefficient (Wildman–Crippen LogP) is 7.53. The molecule has 0 saturated carbocycles. The Labute approximate surface area is 157 Å². The lowest BCUT2D eigenvalue weighted by atomic mass is 10.1. The Morgan fingerprint density at radius 3 is 1.68 bits per heavy atom. The molecule has 0 aliphatic heterocycles. The second kappa shape index (κ2) is 18.0. The highest BCUT2D eigenvalue weighted by Crippen LogP contribution is 2.12. The number of carbonyl (C=O) groups is 1. The second-order valence-electron chi connectivity index (χ2n) is 7.92. The van der Waals surface area contributed by atoms with Crippen molar-refractivity contribution < 1.29 is 9.53 Å². The largest absolute Gasteiger partial charge is 0.460 e. The van der Waals surface area contributed by atoms with E-state index in [2.05, 4.69) is 19.1 Å². The third-order valence-corrected chi connectivity index (χ3v) is 4.06. The topological polar surface area (TPSA) is 61.3 Å². The highest BCUT2D eigenvalue weighted by atomic mass is 16.6. The maximum absolute atomic E-state index is 11.6. The van der Waals surface area contributed by atoms with Crippen LogP contribution in [0.5, 0.6) is 0 Å². The van der Waals surface area contributed by atoms with Gasteiger partial charge in [-0.15, -0.1) is 0 Å². The lowest BCUT2D eigenvalue weighted by Gasteiger charge is -2.19. The van der Waals surface area contributed by atoms with Gasteiger partial charge in [0.05, 0.1) is 0 Å². The Morgan fingerprint density at radius 2 is 1.20 bits per heavy atom. The standard InChI is InChI=1S/C22H42O2.H3N/c1-5-6-7-8-9-10-11-12-13-14-15-16-17-18-19-20-21(23)24-22(2,3)4;/h12-13H,5-11,14-20H2,1-4H3;1H3/b13-12-;. The van der Waals surface area contributed by atoms with E-state index in [1.54, 1.807) is 0 Å². The molecule has 0 amide bonds. The summed E-state index contributed by atoms with van der Waals surface area (Å²) in [5, 5.41) is 0. The zero-order chi connectivity index (χ0) is 18.1. The first-order valence-corrected chi connectivity index (χ1v) is 10.3. The fourth-order valence-corrected chi connectivity index (χ4v) is 2.73. The molecule has 0 spiro atoms. The van der Waals surface area contributed by atoms with E-state index in [0.717, 1.165) is 12.8 Å². The number of carbonyl (C=O) groups excluding carboxylic acids is 1. The van der Waals surface area contributed by atoms with Crippen molar-refractivity contribution in [3.8, 4) is 0 Å². The summed E-state index contributed by atoms with van der Waals surface area (Å²) in [5.74, 6) is -0.0554. The molecule has 0 saturated heterocycles. The van der Waals surface area contributed by atoms with Crippen molar-refractivity contribution in [1.29, 1.82) is 0 Å². The van der Waals surface area contributed by atoms with Crippen molar-refractivity contribution in [3.63, 3.8) is 0 Å². The van der Waals surface area contributed by atoms with Gasteiger partial charge in [-0.1, -0.05) is 70.4 Å². The smallest absolute Gasteiger partial charge is 0.306 e. The minimum Gasteiger partial charge on any atom is -0.460 e. The molecule has 3 nitrogen and oxygen atoms in total. The van der Waals surface area contributed by atoms with Crippen LogP contribution < -0.4 is 6.15 Å². The summed E-state index contributed by atoms with van der Waals surface area (Å²) >= 11 is 0. The lowest BCUT2D eigenvalue weighted by Crippen LogP contribution is -2.23. The number of ether oxygens (including phenoxy) is 1. The van der Waals surface area contributed by atoms with Gasteiger partial charge in [-0.05, 0) is 52.9 Å². The quantitative estimate of drug-likeness (QED) is 0.187. The summed E-state index contributed by atoms with van der Waals surface area (Å²) in [4.78, 5) is 11.6. The predicted molar refractivity (Wildman–Crippen MR) is 110 cm³/mol. The summed E-state index contributed by atoms with van der Waals surface area (Å²) < 4.78 is 5.31. The average molecular weight is 356 g/mol. The Kier molecular flexibility index (Phi) is 19.0. The maximum atomic E-state index is 11.6. The number of hydrogen-bond donors (Lipinski definition) is 1. The Morgan fingerprint density at radius 1 is 0.760 bits per heavy atom. The fraction of sp³-hybridized carbons (Fsp3) is 0.864. The van der Waals surface area contributed by atoms with Crippen LogP contribution in [0.15, 0.2) is 12.2 Å². The number of esters is 1. The van der Waals surface area contributed by atoms with Crippen molar-refractivity contribution in [2.45, 2.75) is 123 Å². The van der Waals surface area contributed by atoms with Crippen LogP contribution in [0.4, 0.5) is 0 Å². The molecular formula is C22H45NO2. The van der Waals surface area contributed by atoms with Gasteiger partial charge in [0, 0.05) is 6.42 Å². The molecule has 0 aromatic heterocycles. The van der Waals surface area contributed by atoms with Crippen LogP contribution in [0.25, 0.3) is 0 Å². The third kappa shape index (κ3) is 23.2. The van der Waals surface area contributed by atoms with Crippen LogP contribution in [0.1, 0.15) is 118 Å². The van der Waals surface area contributed by atoms with Gasteiger partial charge in [-0.2, -0.15) is 0 Å². The molecule has 0 bridgehead atoms. The molecule has 3 heteroatoms. The van der Waals surface area contributed by atoms with Crippen LogP contribution in [-0.4, -0.2) is 11.6 Å². The van der Waals surface area contributed by atoms with E-state index in [0.29, 0.717) is 6.42 Å². The molecule has 0 atom stereocenters. The molecule has 0 unspecified atom stereocenters. The van der Waals surface area contributed by atoms with Gasteiger partial charge in [0.1, 0.15) is 5.60 Å². The van der Waals surface area contributed by atoms with Crippen LogP contribution in [0, 0.1) is 0 Å². The molecule has 0 rings (SSSR count). The van der Waals surface area contributed by atoms with E-state index in [-0.39, 0.29) is 17.7 Å². The molecule has 0 aromatic carbocycles. The number of allylic oxidation sites excluding steroid dienone is 2. The molecule has 0 fully saturated rings. The Bertz CT molecular complexity index is 318. The summed E-state index contributed by atoms with van der Waals surface area (Å²) in [7, 11) is 0. The van der Waals surface area contributed by atoms with E-state index >= 15 is 0 Å². The molecule has 25 heavy (non-hydrogen) atoms. The highest BCUT2D eigenvalue weighted by Gasteiger charge is 2.15. The van der Waals surface area contributed by atoms with E-state index < -0.39 is 0 Å². The number of hydrogen-bond acceptors (Lipinski definition) is 3.